The van der Waals surface area contributed by atoms with Crippen LogP contribution in [0.5, 0.6) is 17.2 Å². The van der Waals surface area contributed by atoms with Crippen LogP contribution >= 0.6 is 12.2 Å². The molecule has 0 saturated carbocycles. The maximum atomic E-state index is 6.10. The smallest absolute Gasteiger partial charge is 0.174 e. The van der Waals surface area contributed by atoms with E-state index in [2.05, 4.69) is 96.2 Å². The number of benzene rings is 3. The van der Waals surface area contributed by atoms with Gasteiger partial charge in [0.2, 0.25) is 0 Å². The lowest BCUT2D eigenvalue weighted by molar-refractivity contribution is 0.413. The van der Waals surface area contributed by atoms with Gasteiger partial charge in [-0.05, 0) is 123 Å². The molecule has 0 amide bonds. The summed E-state index contributed by atoms with van der Waals surface area (Å²) in [5.74, 6) is 2.27. The van der Waals surface area contributed by atoms with Gasteiger partial charge in [0, 0.05) is 48.7 Å². The van der Waals surface area contributed by atoms with E-state index in [4.69, 9.17) is 26.7 Å². The van der Waals surface area contributed by atoms with Crippen LogP contribution in [-0.2, 0) is 0 Å². The minimum absolute atomic E-state index is 0.114. The Bertz CT molecular complexity index is 1720. The molecule has 0 aliphatic carbocycles. The van der Waals surface area contributed by atoms with E-state index in [1.165, 1.54) is 5.56 Å². The Kier molecular flexibility index (Phi) is 7.78. The van der Waals surface area contributed by atoms with Gasteiger partial charge in [0.05, 0.1) is 24.9 Å². The van der Waals surface area contributed by atoms with Crippen LogP contribution in [0.2, 0.25) is 0 Å². The van der Waals surface area contributed by atoms with Crippen molar-refractivity contribution in [3.63, 3.8) is 0 Å². The Balaban J connectivity index is 1.37. The number of rotatable bonds is 8. The Morgan fingerprint density at radius 1 is 0.814 bits per heavy atom. The highest BCUT2D eigenvalue weighted by Crippen LogP contribution is 2.44. The number of hydrogen-bond donors (Lipinski definition) is 1. The van der Waals surface area contributed by atoms with E-state index in [0.29, 0.717) is 5.11 Å². The van der Waals surface area contributed by atoms with E-state index in [0.717, 1.165) is 51.4 Å². The van der Waals surface area contributed by atoms with E-state index in [-0.39, 0.29) is 12.1 Å². The summed E-state index contributed by atoms with van der Waals surface area (Å²) < 4.78 is 13.7. The number of hydrogen-bond acceptors (Lipinski definition) is 5. The van der Waals surface area contributed by atoms with Crippen molar-refractivity contribution in [2.24, 2.45) is 0 Å². The average molecular weight is 590 g/mol. The first-order chi connectivity index (χ1) is 20.8. The highest BCUT2D eigenvalue weighted by Gasteiger charge is 2.42. The van der Waals surface area contributed by atoms with E-state index < -0.39 is 0 Å². The molecule has 3 heterocycles. The number of anilines is 2. The Morgan fingerprint density at radius 2 is 1.44 bits per heavy atom. The topological polar surface area (TPSA) is 54.8 Å². The second-order valence-corrected chi connectivity index (χ2v) is 11.2. The van der Waals surface area contributed by atoms with Crippen LogP contribution < -0.4 is 24.6 Å². The molecular weight excluding hydrogens is 554 g/mol. The molecule has 5 aromatic rings. The minimum Gasteiger partial charge on any atom is -0.497 e. The Labute approximate surface area is 258 Å². The average Bonchev–Trinajstić information content (AvgIpc) is 3.52. The maximum absolute atomic E-state index is 6.10. The molecule has 1 N–H and O–H groups in total. The number of pyridine rings is 1. The largest absolute Gasteiger partial charge is 0.497 e. The number of aromatic nitrogens is 2. The second-order valence-electron chi connectivity index (χ2n) is 10.8. The SMILES string of the molecule is COc1ccc(Oc2ccc(N3C(=S)N[C@H](c4ccccn4)[C@H]3c3cc(C)n(-c4ccc(N(C)C)cc4)c3C)cc2)cc1. The van der Waals surface area contributed by atoms with Crippen molar-refractivity contribution in [2.45, 2.75) is 25.9 Å². The first-order valence-corrected chi connectivity index (χ1v) is 14.6. The molecule has 8 heteroatoms. The fourth-order valence-electron chi connectivity index (χ4n) is 5.79. The van der Waals surface area contributed by atoms with Crippen molar-refractivity contribution in [1.29, 1.82) is 0 Å². The predicted molar refractivity (Wildman–Crippen MR) is 177 cm³/mol. The van der Waals surface area contributed by atoms with Crippen molar-refractivity contribution in [1.82, 2.24) is 14.9 Å². The molecule has 218 valence electrons. The zero-order valence-corrected chi connectivity index (χ0v) is 25.8. The number of methoxy groups -OCH3 is 1. The Morgan fingerprint density at radius 3 is 2.05 bits per heavy atom. The van der Waals surface area contributed by atoms with E-state index in [1.54, 1.807) is 7.11 Å². The second kappa shape index (κ2) is 11.8. The summed E-state index contributed by atoms with van der Waals surface area (Å²) in [6, 6.07) is 32.3. The summed E-state index contributed by atoms with van der Waals surface area (Å²) in [6.07, 6.45) is 1.83. The lowest BCUT2D eigenvalue weighted by Gasteiger charge is -2.28. The molecule has 43 heavy (non-hydrogen) atoms. The van der Waals surface area contributed by atoms with E-state index in [1.807, 2.05) is 54.7 Å². The van der Waals surface area contributed by atoms with Crippen molar-refractivity contribution < 1.29 is 9.47 Å². The van der Waals surface area contributed by atoms with Gasteiger partial charge >= 0.3 is 0 Å². The molecule has 1 aliphatic heterocycles. The number of nitrogens with one attached hydrogen (secondary N) is 1. The molecule has 1 aliphatic rings. The van der Waals surface area contributed by atoms with Crippen LogP contribution in [0.4, 0.5) is 11.4 Å². The number of nitrogens with zero attached hydrogens (tertiary/aromatic N) is 4. The Hall–Kier alpha value is -4.82. The van der Waals surface area contributed by atoms with Crippen LogP contribution in [0.1, 0.15) is 34.7 Å². The van der Waals surface area contributed by atoms with Gasteiger partial charge in [0.25, 0.3) is 0 Å². The fraction of sp³-hybridized carbons (Fsp3) is 0.200. The van der Waals surface area contributed by atoms with Gasteiger partial charge in [-0.3, -0.25) is 4.98 Å². The summed E-state index contributed by atoms with van der Waals surface area (Å²) in [5.41, 5.74) is 7.72. The molecule has 0 radical (unpaired) electrons. The standard InChI is InChI=1S/C35H35N5O2S/c1-23-22-31(24(2)39(23)26-11-9-25(10-12-26)38(3)4)34-33(32-8-6-7-21-36-32)37-35(43)40(34)27-13-15-29(16-14-27)42-30-19-17-28(41-5)18-20-30/h6-22,33-34H,1-5H3,(H,37,43)/t33-,34-/m1/s1. The zero-order chi connectivity index (χ0) is 30.1. The van der Waals surface area contributed by atoms with Crippen molar-refractivity contribution in [3.05, 3.63) is 126 Å². The molecule has 2 atom stereocenters. The summed E-state index contributed by atoms with van der Waals surface area (Å²) >= 11 is 5.99. The molecule has 2 aromatic heterocycles. The molecular formula is C35H35N5O2S. The zero-order valence-electron chi connectivity index (χ0n) is 25.0. The highest BCUT2D eigenvalue weighted by molar-refractivity contribution is 7.80. The van der Waals surface area contributed by atoms with Crippen molar-refractivity contribution >= 4 is 28.7 Å². The van der Waals surface area contributed by atoms with Gasteiger partial charge in [-0.25, -0.2) is 0 Å². The van der Waals surface area contributed by atoms with Gasteiger partial charge < -0.3 is 29.2 Å². The molecule has 1 fully saturated rings. The summed E-state index contributed by atoms with van der Waals surface area (Å²) in [4.78, 5) is 9.04. The third-order valence-corrected chi connectivity index (χ3v) is 8.24. The van der Waals surface area contributed by atoms with Gasteiger partial charge in [-0.15, -0.1) is 0 Å². The molecule has 0 bridgehead atoms. The molecule has 0 unspecified atom stereocenters. The number of thiocarbonyl (C=S) groups is 1. The molecule has 0 spiro atoms. The third-order valence-electron chi connectivity index (χ3n) is 7.92. The lowest BCUT2D eigenvalue weighted by Crippen LogP contribution is -2.29. The lowest BCUT2D eigenvalue weighted by atomic mass is 9.96. The van der Waals surface area contributed by atoms with E-state index >= 15 is 0 Å². The molecule has 6 rings (SSSR count). The van der Waals surface area contributed by atoms with Crippen LogP contribution in [0.15, 0.2) is 103 Å². The van der Waals surface area contributed by atoms with Crippen LogP contribution in [-0.4, -0.2) is 35.9 Å². The van der Waals surface area contributed by atoms with E-state index in [9.17, 15) is 0 Å². The first-order valence-electron chi connectivity index (χ1n) is 14.2. The summed E-state index contributed by atoms with van der Waals surface area (Å²) in [7, 11) is 5.76. The first kappa shape index (κ1) is 28.3. The van der Waals surface area contributed by atoms with Crippen LogP contribution in [0.25, 0.3) is 5.69 Å². The minimum atomic E-state index is -0.131. The number of aryl methyl sites for hydroxylation is 1. The molecule has 3 aromatic carbocycles. The van der Waals surface area contributed by atoms with Crippen LogP contribution in [0.3, 0.4) is 0 Å². The summed E-state index contributed by atoms with van der Waals surface area (Å²) in [5, 5.41) is 4.24. The third kappa shape index (κ3) is 5.53. The highest BCUT2D eigenvalue weighted by atomic mass is 32.1. The van der Waals surface area contributed by atoms with Crippen molar-refractivity contribution in [2.75, 3.05) is 31.0 Å². The fourth-order valence-corrected chi connectivity index (χ4v) is 6.13. The molecule has 7 nitrogen and oxygen atoms in total. The predicted octanol–water partition coefficient (Wildman–Crippen LogP) is 7.53. The van der Waals surface area contributed by atoms with Crippen LogP contribution in [0, 0.1) is 13.8 Å². The maximum Gasteiger partial charge on any atom is 0.174 e. The van der Waals surface area contributed by atoms with Gasteiger partial charge in [0.15, 0.2) is 5.11 Å². The number of ether oxygens (including phenoxy) is 2. The quantitative estimate of drug-likeness (QED) is 0.188. The van der Waals surface area contributed by atoms with Gasteiger partial charge in [0.1, 0.15) is 17.2 Å². The van der Waals surface area contributed by atoms with Gasteiger partial charge in [-0.2, -0.15) is 0 Å². The summed E-state index contributed by atoms with van der Waals surface area (Å²) in [6.45, 7) is 4.34. The normalized spacial score (nSPS) is 16.2. The molecule has 1 saturated heterocycles. The van der Waals surface area contributed by atoms with Gasteiger partial charge in [-0.1, -0.05) is 6.07 Å². The monoisotopic (exact) mass is 589 g/mol. The van der Waals surface area contributed by atoms with Crippen molar-refractivity contribution in [3.8, 4) is 22.9 Å².